The van der Waals surface area contributed by atoms with Gasteiger partial charge in [0.05, 0.1) is 17.2 Å². The first-order valence-corrected chi connectivity index (χ1v) is 6.53. The number of methoxy groups -OCH3 is 1. The number of carboxylic acids is 1. The number of carboxylic acid groups (broad SMARTS) is 1. The minimum atomic E-state index is -1.21. The van der Waals surface area contributed by atoms with E-state index >= 15 is 0 Å². The van der Waals surface area contributed by atoms with Gasteiger partial charge in [0, 0.05) is 13.7 Å². The Morgan fingerprint density at radius 2 is 2.21 bits per heavy atom. The molecule has 0 unspecified atom stereocenters. The minimum Gasteiger partial charge on any atom is -0.477 e. The fourth-order valence-electron chi connectivity index (χ4n) is 1.79. The Bertz CT molecular complexity index is 631. The molecule has 6 heteroatoms. The van der Waals surface area contributed by atoms with Crippen LogP contribution in [0.3, 0.4) is 0 Å². The summed E-state index contributed by atoms with van der Waals surface area (Å²) in [6, 6.07) is 6.79. The van der Waals surface area contributed by atoms with E-state index in [1.807, 2.05) is 17.5 Å². The molecule has 0 aliphatic carbocycles. The van der Waals surface area contributed by atoms with Gasteiger partial charge in [-0.05, 0) is 23.6 Å². The first-order chi connectivity index (χ1) is 9.15. The Labute approximate surface area is 113 Å². The third-order valence-electron chi connectivity index (χ3n) is 2.70. The molecular formula is C13H13NO4S. The van der Waals surface area contributed by atoms with Crippen molar-refractivity contribution in [2.45, 2.75) is 6.54 Å². The zero-order chi connectivity index (χ0) is 13.8. The molecule has 2 aromatic rings. The van der Waals surface area contributed by atoms with Crippen LogP contribution in [0, 0.1) is 0 Å². The Hall–Kier alpha value is -1.92. The standard InChI is InChI=1S/C13H13NO4S/c1-18-7-6-14-10(11-3-2-8-19-11)5-4-9(12(14)15)13(16)17/h2-5,8H,6-7H2,1H3,(H,16,17). The van der Waals surface area contributed by atoms with E-state index < -0.39 is 11.5 Å². The maximum absolute atomic E-state index is 12.2. The summed E-state index contributed by atoms with van der Waals surface area (Å²) in [7, 11) is 1.54. The van der Waals surface area contributed by atoms with Crippen LogP contribution in [0.25, 0.3) is 10.6 Å². The summed E-state index contributed by atoms with van der Waals surface area (Å²) >= 11 is 1.50. The van der Waals surface area contributed by atoms with Crippen LogP contribution in [-0.2, 0) is 11.3 Å². The number of hydrogen-bond acceptors (Lipinski definition) is 4. The average molecular weight is 279 g/mol. The lowest BCUT2D eigenvalue weighted by Crippen LogP contribution is -2.28. The van der Waals surface area contributed by atoms with Gasteiger partial charge in [0.15, 0.2) is 0 Å². The van der Waals surface area contributed by atoms with Crippen molar-refractivity contribution in [1.82, 2.24) is 4.57 Å². The van der Waals surface area contributed by atoms with Gasteiger partial charge in [0.2, 0.25) is 0 Å². The number of thiophene rings is 1. The molecule has 0 radical (unpaired) electrons. The monoisotopic (exact) mass is 279 g/mol. The molecule has 0 atom stereocenters. The fraction of sp³-hybridized carbons (Fsp3) is 0.231. The highest BCUT2D eigenvalue weighted by molar-refractivity contribution is 7.13. The van der Waals surface area contributed by atoms with Crippen molar-refractivity contribution >= 4 is 17.3 Å². The number of aromatic carboxylic acids is 1. The van der Waals surface area contributed by atoms with Gasteiger partial charge in [-0.1, -0.05) is 6.07 Å². The van der Waals surface area contributed by atoms with E-state index in [9.17, 15) is 9.59 Å². The number of ether oxygens (including phenoxy) is 1. The number of aromatic nitrogens is 1. The first kappa shape index (κ1) is 13.5. The molecule has 2 rings (SSSR count). The maximum Gasteiger partial charge on any atom is 0.341 e. The summed E-state index contributed by atoms with van der Waals surface area (Å²) in [5, 5.41) is 10.9. The quantitative estimate of drug-likeness (QED) is 0.908. The molecule has 1 N–H and O–H groups in total. The van der Waals surface area contributed by atoms with Gasteiger partial charge in [-0.2, -0.15) is 0 Å². The highest BCUT2D eigenvalue weighted by Gasteiger charge is 2.15. The van der Waals surface area contributed by atoms with Crippen LogP contribution in [0.15, 0.2) is 34.4 Å². The summed E-state index contributed by atoms with van der Waals surface area (Å²) in [6.45, 7) is 0.672. The van der Waals surface area contributed by atoms with Gasteiger partial charge >= 0.3 is 5.97 Å². The topological polar surface area (TPSA) is 68.5 Å². The van der Waals surface area contributed by atoms with Crippen LogP contribution in [0.5, 0.6) is 0 Å². The lowest BCUT2D eigenvalue weighted by atomic mass is 10.2. The van der Waals surface area contributed by atoms with E-state index in [-0.39, 0.29) is 5.56 Å². The Balaban J connectivity index is 2.58. The van der Waals surface area contributed by atoms with Gasteiger partial charge in [0.25, 0.3) is 5.56 Å². The van der Waals surface area contributed by atoms with Crippen molar-refractivity contribution in [3.05, 3.63) is 45.6 Å². The summed E-state index contributed by atoms with van der Waals surface area (Å²) in [5.74, 6) is -1.21. The van der Waals surface area contributed by atoms with E-state index in [1.165, 1.54) is 29.1 Å². The van der Waals surface area contributed by atoms with Gasteiger partial charge < -0.3 is 14.4 Å². The molecule has 2 heterocycles. The van der Waals surface area contributed by atoms with E-state index in [0.29, 0.717) is 18.8 Å². The number of hydrogen-bond donors (Lipinski definition) is 1. The molecule has 0 saturated heterocycles. The van der Waals surface area contributed by atoms with Gasteiger partial charge in [-0.15, -0.1) is 11.3 Å². The van der Waals surface area contributed by atoms with Crippen molar-refractivity contribution in [2.24, 2.45) is 0 Å². The summed E-state index contributed by atoms with van der Waals surface area (Å²) in [5.41, 5.74) is -0.0195. The molecule has 5 nitrogen and oxygen atoms in total. The molecule has 0 spiro atoms. The molecule has 0 aliphatic heterocycles. The van der Waals surface area contributed by atoms with Crippen LogP contribution in [0.4, 0.5) is 0 Å². The van der Waals surface area contributed by atoms with Crippen molar-refractivity contribution in [1.29, 1.82) is 0 Å². The third kappa shape index (κ3) is 2.74. The van der Waals surface area contributed by atoms with Crippen LogP contribution < -0.4 is 5.56 Å². The first-order valence-electron chi connectivity index (χ1n) is 5.65. The predicted octanol–water partition coefficient (Wildman–Crippen LogP) is 1.92. The third-order valence-corrected chi connectivity index (χ3v) is 3.59. The molecule has 0 saturated carbocycles. The summed E-state index contributed by atoms with van der Waals surface area (Å²) < 4.78 is 6.41. The number of rotatable bonds is 5. The van der Waals surface area contributed by atoms with E-state index in [2.05, 4.69) is 0 Å². The second-order valence-electron chi connectivity index (χ2n) is 3.86. The van der Waals surface area contributed by atoms with Crippen LogP contribution >= 0.6 is 11.3 Å². The van der Waals surface area contributed by atoms with Crippen LogP contribution in [0.2, 0.25) is 0 Å². The average Bonchev–Trinajstić information content (AvgIpc) is 2.90. The van der Waals surface area contributed by atoms with Crippen molar-refractivity contribution < 1.29 is 14.6 Å². The van der Waals surface area contributed by atoms with Crippen molar-refractivity contribution in [3.63, 3.8) is 0 Å². The van der Waals surface area contributed by atoms with Gasteiger partial charge in [0.1, 0.15) is 5.56 Å². The molecular weight excluding hydrogens is 266 g/mol. The molecule has 0 aromatic carbocycles. The zero-order valence-electron chi connectivity index (χ0n) is 10.3. The molecule has 19 heavy (non-hydrogen) atoms. The lowest BCUT2D eigenvalue weighted by Gasteiger charge is -2.12. The smallest absolute Gasteiger partial charge is 0.341 e. The molecule has 0 bridgehead atoms. The summed E-state index contributed by atoms with van der Waals surface area (Å²) in [4.78, 5) is 24.1. The Morgan fingerprint density at radius 3 is 2.79 bits per heavy atom. The second kappa shape index (κ2) is 5.81. The molecule has 0 aliphatic rings. The SMILES string of the molecule is COCCn1c(-c2cccs2)ccc(C(=O)O)c1=O. The number of pyridine rings is 1. The van der Waals surface area contributed by atoms with Crippen molar-refractivity contribution in [3.8, 4) is 10.6 Å². The molecule has 100 valence electrons. The van der Waals surface area contributed by atoms with Crippen molar-refractivity contribution in [2.75, 3.05) is 13.7 Å². The largest absolute Gasteiger partial charge is 0.477 e. The van der Waals surface area contributed by atoms with Gasteiger partial charge in [-0.25, -0.2) is 4.79 Å². The maximum atomic E-state index is 12.2. The van der Waals surface area contributed by atoms with E-state index in [4.69, 9.17) is 9.84 Å². The van der Waals surface area contributed by atoms with Crippen LogP contribution in [0.1, 0.15) is 10.4 Å². The minimum absolute atomic E-state index is 0.226. The number of carbonyl (C=O) groups is 1. The zero-order valence-corrected chi connectivity index (χ0v) is 11.1. The molecule has 0 amide bonds. The highest BCUT2D eigenvalue weighted by atomic mass is 32.1. The predicted molar refractivity (Wildman–Crippen MR) is 72.9 cm³/mol. The fourth-order valence-corrected chi connectivity index (χ4v) is 2.54. The van der Waals surface area contributed by atoms with E-state index in [1.54, 1.807) is 6.07 Å². The van der Waals surface area contributed by atoms with Crippen LogP contribution in [-0.4, -0.2) is 29.4 Å². The second-order valence-corrected chi connectivity index (χ2v) is 4.81. The molecule has 2 aromatic heterocycles. The normalized spacial score (nSPS) is 10.6. The summed E-state index contributed by atoms with van der Waals surface area (Å²) in [6.07, 6.45) is 0. The van der Waals surface area contributed by atoms with E-state index in [0.717, 1.165) is 4.88 Å². The Kier molecular flexibility index (Phi) is 4.13. The van der Waals surface area contributed by atoms with Gasteiger partial charge in [-0.3, -0.25) is 4.79 Å². The number of nitrogens with zero attached hydrogens (tertiary/aromatic N) is 1. The lowest BCUT2D eigenvalue weighted by molar-refractivity contribution is 0.0694. The Morgan fingerprint density at radius 1 is 1.42 bits per heavy atom. The molecule has 0 fully saturated rings. The highest BCUT2D eigenvalue weighted by Crippen LogP contribution is 2.23.